The minimum absolute atomic E-state index is 0.0597. The van der Waals surface area contributed by atoms with Crippen molar-refractivity contribution in [3.63, 3.8) is 0 Å². The minimum atomic E-state index is -0.368. The SMILES string of the molecule is CCc1cccc2cccc(N3CCc4c(nc(OC[C@]56CCCN5[C@@H](COC(=O)NC)CC6)nc4N4C[C@H]5CC[C@@H](C4)N5)C3)c12. The number of rotatable bonds is 8. The summed E-state index contributed by atoms with van der Waals surface area (Å²) in [6, 6.07) is 15.1. The molecular formula is C36H47N7O3. The van der Waals surface area contributed by atoms with E-state index in [1.807, 2.05) is 0 Å². The number of carbonyl (C=O) groups excluding carboxylic acids is 1. The maximum absolute atomic E-state index is 11.8. The van der Waals surface area contributed by atoms with Gasteiger partial charge in [0.05, 0.1) is 17.8 Å². The zero-order valence-corrected chi connectivity index (χ0v) is 27.3. The molecular weight excluding hydrogens is 578 g/mol. The molecule has 0 saturated carbocycles. The van der Waals surface area contributed by atoms with Crippen molar-refractivity contribution in [2.75, 3.05) is 56.2 Å². The van der Waals surface area contributed by atoms with Crippen LogP contribution in [-0.4, -0.2) is 91.1 Å². The van der Waals surface area contributed by atoms with Crippen molar-refractivity contribution in [1.29, 1.82) is 0 Å². The number of alkyl carbamates (subject to hydrolysis) is 1. The van der Waals surface area contributed by atoms with Gasteiger partial charge in [0, 0.05) is 61.4 Å². The molecule has 244 valence electrons. The number of hydrogen-bond acceptors (Lipinski definition) is 9. The molecule has 5 aliphatic heterocycles. The lowest BCUT2D eigenvalue weighted by Gasteiger charge is -2.38. The molecule has 1 aromatic heterocycles. The summed E-state index contributed by atoms with van der Waals surface area (Å²) in [6.45, 7) is 7.87. The van der Waals surface area contributed by atoms with Gasteiger partial charge in [-0.25, -0.2) is 4.79 Å². The molecule has 4 saturated heterocycles. The summed E-state index contributed by atoms with van der Waals surface area (Å²) in [6.07, 6.45) is 8.25. The summed E-state index contributed by atoms with van der Waals surface area (Å²) in [5.41, 5.74) is 5.00. The van der Waals surface area contributed by atoms with E-state index in [2.05, 4.69) is 68.7 Å². The van der Waals surface area contributed by atoms with E-state index in [0.29, 0.717) is 31.3 Å². The number of amides is 1. The number of aryl methyl sites for hydroxylation is 1. The molecule has 8 rings (SSSR count). The molecule has 0 radical (unpaired) electrons. The quantitative estimate of drug-likeness (QED) is 0.377. The van der Waals surface area contributed by atoms with E-state index in [4.69, 9.17) is 19.4 Å². The van der Waals surface area contributed by atoms with Gasteiger partial charge in [0.25, 0.3) is 0 Å². The van der Waals surface area contributed by atoms with E-state index < -0.39 is 0 Å². The van der Waals surface area contributed by atoms with Crippen molar-refractivity contribution in [3.8, 4) is 6.01 Å². The number of carbonyl (C=O) groups is 1. The van der Waals surface area contributed by atoms with Crippen LogP contribution in [0.2, 0.25) is 0 Å². The summed E-state index contributed by atoms with van der Waals surface area (Å²) >= 11 is 0. The number of aromatic nitrogens is 2. The van der Waals surface area contributed by atoms with Gasteiger partial charge >= 0.3 is 12.1 Å². The van der Waals surface area contributed by atoms with Crippen LogP contribution < -0.4 is 25.2 Å². The van der Waals surface area contributed by atoms with Crippen molar-refractivity contribution in [1.82, 2.24) is 25.5 Å². The van der Waals surface area contributed by atoms with Gasteiger partial charge < -0.3 is 29.9 Å². The molecule has 3 aromatic rings. The molecule has 4 atom stereocenters. The van der Waals surface area contributed by atoms with Gasteiger partial charge in [0.15, 0.2) is 0 Å². The smallest absolute Gasteiger partial charge is 0.406 e. The standard InChI is InChI=1S/C36H47N7O3/c1-3-24-7-4-8-25-9-5-10-31(32(24)25)41-18-14-29-30(21-41)39-34(40-33(29)42-19-26-11-12-27(20-42)38-26)46-23-36-15-6-17-43(36)28(13-16-36)22-45-35(44)37-2/h4-5,7-10,26-28,38H,3,6,11-23H2,1-2H3,(H,37,44)/t26-,27+,28-,36-/m1/s1. The maximum Gasteiger partial charge on any atom is 0.406 e. The molecule has 2 aromatic carbocycles. The average Bonchev–Trinajstić information content (AvgIpc) is 3.77. The third-order valence-electron chi connectivity index (χ3n) is 11.3. The van der Waals surface area contributed by atoms with Gasteiger partial charge in [0.2, 0.25) is 0 Å². The van der Waals surface area contributed by atoms with Crippen LogP contribution in [0.3, 0.4) is 0 Å². The Bertz CT molecular complexity index is 1600. The Morgan fingerprint density at radius 2 is 1.87 bits per heavy atom. The summed E-state index contributed by atoms with van der Waals surface area (Å²) in [7, 11) is 1.60. The highest BCUT2D eigenvalue weighted by Crippen LogP contribution is 2.43. The number of anilines is 2. The minimum Gasteiger partial charge on any atom is -0.461 e. The Balaban J connectivity index is 1.09. The van der Waals surface area contributed by atoms with Gasteiger partial charge in [-0.3, -0.25) is 4.90 Å². The molecule has 0 spiro atoms. The van der Waals surface area contributed by atoms with E-state index in [1.165, 1.54) is 40.4 Å². The third kappa shape index (κ3) is 5.33. The highest BCUT2D eigenvalue weighted by molar-refractivity contribution is 5.97. The average molecular weight is 626 g/mol. The number of piperazine rings is 1. The van der Waals surface area contributed by atoms with E-state index in [-0.39, 0.29) is 17.7 Å². The second-order valence-corrected chi connectivity index (χ2v) is 14.0. The molecule has 46 heavy (non-hydrogen) atoms. The normalized spacial score (nSPS) is 27.1. The molecule has 4 fully saturated rings. The molecule has 1 amide bonds. The van der Waals surface area contributed by atoms with Crippen molar-refractivity contribution in [2.45, 2.75) is 88.5 Å². The van der Waals surface area contributed by atoms with Gasteiger partial charge in [-0.2, -0.15) is 9.97 Å². The van der Waals surface area contributed by atoms with Gasteiger partial charge in [-0.05, 0) is 74.9 Å². The predicted octanol–water partition coefficient (Wildman–Crippen LogP) is 4.43. The van der Waals surface area contributed by atoms with Gasteiger partial charge in [-0.15, -0.1) is 0 Å². The summed E-state index contributed by atoms with van der Waals surface area (Å²) in [5.74, 6) is 1.08. The lowest BCUT2D eigenvalue weighted by atomic mass is 9.95. The van der Waals surface area contributed by atoms with Gasteiger partial charge in [0.1, 0.15) is 19.0 Å². The zero-order chi connectivity index (χ0) is 31.3. The van der Waals surface area contributed by atoms with Crippen LogP contribution in [0.1, 0.15) is 62.3 Å². The monoisotopic (exact) mass is 625 g/mol. The molecule has 0 unspecified atom stereocenters. The first-order chi connectivity index (χ1) is 22.5. The fraction of sp³-hybridized carbons (Fsp3) is 0.583. The van der Waals surface area contributed by atoms with E-state index in [1.54, 1.807) is 7.05 Å². The predicted molar refractivity (Wildman–Crippen MR) is 180 cm³/mol. The Morgan fingerprint density at radius 3 is 2.67 bits per heavy atom. The number of nitrogens with one attached hydrogen (secondary N) is 2. The van der Waals surface area contributed by atoms with Crippen LogP contribution in [0.4, 0.5) is 16.3 Å². The molecule has 5 aliphatic rings. The van der Waals surface area contributed by atoms with Crippen LogP contribution >= 0.6 is 0 Å². The Kier molecular flexibility index (Phi) is 7.88. The highest BCUT2D eigenvalue weighted by atomic mass is 16.5. The second kappa shape index (κ2) is 12.2. The molecule has 6 heterocycles. The number of hydrogen-bond donors (Lipinski definition) is 2. The van der Waals surface area contributed by atoms with Crippen molar-refractivity contribution in [2.24, 2.45) is 0 Å². The Labute approximate surface area is 271 Å². The van der Waals surface area contributed by atoms with Gasteiger partial charge in [-0.1, -0.05) is 37.3 Å². The van der Waals surface area contributed by atoms with Crippen molar-refractivity contribution in [3.05, 3.63) is 53.2 Å². The largest absolute Gasteiger partial charge is 0.461 e. The van der Waals surface area contributed by atoms with Crippen LogP contribution in [-0.2, 0) is 24.1 Å². The fourth-order valence-electron chi connectivity index (χ4n) is 9.08. The Hall–Kier alpha value is -3.63. The fourth-order valence-corrected chi connectivity index (χ4v) is 9.08. The summed E-state index contributed by atoms with van der Waals surface area (Å²) in [4.78, 5) is 29.7. The number of fused-ring (bicyclic) bond motifs is 5. The molecule has 2 N–H and O–H groups in total. The maximum atomic E-state index is 11.8. The second-order valence-electron chi connectivity index (χ2n) is 14.0. The molecule has 10 nitrogen and oxygen atoms in total. The van der Waals surface area contributed by atoms with Crippen molar-refractivity contribution >= 4 is 28.4 Å². The van der Waals surface area contributed by atoms with E-state index in [9.17, 15) is 4.79 Å². The summed E-state index contributed by atoms with van der Waals surface area (Å²) in [5, 5.41) is 9.01. The number of nitrogens with zero attached hydrogens (tertiary/aromatic N) is 5. The summed E-state index contributed by atoms with van der Waals surface area (Å²) < 4.78 is 12.1. The van der Waals surface area contributed by atoms with Crippen LogP contribution in [0, 0.1) is 0 Å². The zero-order valence-electron chi connectivity index (χ0n) is 27.3. The van der Waals surface area contributed by atoms with Crippen LogP contribution in [0.15, 0.2) is 36.4 Å². The first-order valence-corrected chi connectivity index (χ1v) is 17.4. The van der Waals surface area contributed by atoms with Crippen LogP contribution in [0.25, 0.3) is 10.8 Å². The van der Waals surface area contributed by atoms with Crippen molar-refractivity contribution < 1.29 is 14.3 Å². The number of benzene rings is 2. The lowest BCUT2D eigenvalue weighted by Crippen LogP contribution is -2.52. The highest BCUT2D eigenvalue weighted by Gasteiger charge is 2.50. The van der Waals surface area contributed by atoms with E-state index >= 15 is 0 Å². The van der Waals surface area contributed by atoms with Crippen LogP contribution in [0.5, 0.6) is 6.01 Å². The first kappa shape index (κ1) is 29.8. The topological polar surface area (TPSA) is 95.1 Å². The molecule has 0 aliphatic carbocycles. The Morgan fingerprint density at radius 1 is 1.04 bits per heavy atom. The lowest BCUT2D eigenvalue weighted by molar-refractivity contribution is 0.0554. The molecule has 2 bridgehead atoms. The molecule has 10 heteroatoms. The van der Waals surface area contributed by atoms with E-state index in [0.717, 1.165) is 82.8 Å². The first-order valence-electron chi connectivity index (χ1n) is 17.4. The number of ether oxygens (including phenoxy) is 2. The third-order valence-corrected chi connectivity index (χ3v) is 11.3.